The molecule has 1 aliphatic rings. The molecular formula is C30H27N. The highest BCUT2D eigenvalue weighted by atomic mass is 14.5. The monoisotopic (exact) mass is 401 g/mol. The van der Waals surface area contributed by atoms with Crippen LogP contribution >= 0.6 is 0 Å². The van der Waals surface area contributed by atoms with Gasteiger partial charge in [0.25, 0.3) is 0 Å². The fourth-order valence-corrected chi connectivity index (χ4v) is 3.72. The fourth-order valence-electron chi connectivity index (χ4n) is 3.72. The minimum Gasteiger partial charge on any atom is -0.399 e. The van der Waals surface area contributed by atoms with E-state index in [1.165, 1.54) is 33.4 Å². The first-order valence-electron chi connectivity index (χ1n) is 10.7. The second-order valence-electron chi connectivity index (χ2n) is 7.59. The smallest absolute Gasteiger partial charge is 0.0314 e. The quantitative estimate of drug-likeness (QED) is 0.347. The van der Waals surface area contributed by atoms with Gasteiger partial charge in [0, 0.05) is 5.69 Å². The van der Waals surface area contributed by atoms with Crippen LogP contribution in [0.3, 0.4) is 0 Å². The predicted molar refractivity (Wildman–Crippen MR) is 134 cm³/mol. The summed E-state index contributed by atoms with van der Waals surface area (Å²) in [5.74, 6) is 0. The number of anilines is 1. The van der Waals surface area contributed by atoms with Crippen molar-refractivity contribution in [3.63, 3.8) is 0 Å². The molecule has 0 atom stereocenters. The van der Waals surface area contributed by atoms with Gasteiger partial charge < -0.3 is 5.73 Å². The van der Waals surface area contributed by atoms with Gasteiger partial charge in [-0.3, -0.25) is 0 Å². The van der Waals surface area contributed by atoms with E-state index in [2.05, 4.69) is 84.9 Å². The lowest BCUT2D eigenvalue weighted by Crippen LogP contribution is -1.92. The van der Waals surface area contributed by atoms with Crippen molar-refractivity contribution >= 4 is 16.8 Å². The molecule has 5 rings (SSSR count). The van der Waals surface area contributed by atoms with Crippen molar-refractivity contribution in [3.8, 4) is 11.1 Å². The molecule has 0 unspecified atom stereocenters. The van der Waals surface area contributed by atoms with Crippen LogP contribution in [0.5, 0.6) is 0 Å². The number of nitrogen functional groups attached to an aromatic ring is 1. The Kier molecular flexibility index (Phi) is 6.77. The number of hydrogen-bond acceptors (Lipinski definition) is 1. The molecule has 0 saturated heterocycles. The van der Waals surface area contributed by atoms with Gasteiger partial charge >= 0.3 is 0 Å². The molecule has 0 saturated carbocycles. The maximum absolute atomic E-state index is 5.60. The van der Waals surface area contributed by atoms with E-state index in [4.69, 9.17) is 5.73 Å². The number of benzene rings is 4. The van der Waals surface area contributed by atoms with E-state index in [0.29, 0.717) is 0 Å². The molecule has 0 amide bonds. The first-order valence-corrected chi connectivity index (χ1v) is 10.7. The molecule has 0 heterocycles. The van der Waals surface area contributed by atoms with Crippen LogP contribution in [0.15, 0.2) is 127 Å². The third kappa shape index (κ3) is 5.61. The van der Waals surface area contributed by atoms with Gasteiger partial charge in [-0.15, -0.1) is 0 Å². The Morgan fingerprint density at radius 3 is 1.55 bits per heavy atom. The summed E-state index contributed by atoms with van der Waals surface area (Å²) in [5, 5.41) is 0. The topological polar surface area (TPSA) is 26.0 Å². The predicted octanol–water partition coefficient (Wildman–Crippen LogP) is 7.88. The van der Waals surface area contributed by atoms with Gasteiger partial charge in [0.05, 0.1) is 0 Å². The molecular weight excluding hydrogens is 374 g/mol. The molecule has 0 bridgehead atoms. The first kappa shape index (κ1) is 20.4. The van der Waals surface area contributed by atoms with Crippen LogP contribution in [0.2, 0.25) is 0 Å². The van der Waals surface area contributed by atoms with Gasteiger partial charge in [0.1, 0.15) is 0 Å². The third-order valence-electron chi connectivity index (χ3n) is 5.38. The molecule has 1 heteroatoms. The van der Waals surface area contributed by atoms with Gasteiger partial charge in [-0.2, -0.15) is 0 Å². The molecule has 152 valence electrons. The van der Waals surface area contributed by atoms with Crippen molar-refractivity contribution in [3.05, 3.63) is 139 Å². The molecule has 0 spiro atoms. The summed E-state index contributed by atoms with van der Waals surface area (Å²) in [4.78, 5) is 0. The summed E-state index contributed by atoms with van der Waals surface area (Å²) in [7, 11) is 0. The fraction of sp³-hybridized carbons (Fsp3) is 0.0667. The summed E-state index contributed by atoms with van der Waals surface area (Å²) in [5.41, 5.74) is 14.3. The van der Waals surface area contributed by atoms with Gasteiger partial charge in [-0.1, -0.05) is 115 Å². The molecule has 0 aliphatic heterocycles. The van der Waals surface area contributed by atoms with E-state index >= 15 is 0 Å². The van der Waals surface area contributed by atoms with Crippen molar-refractivity contribution in [2.24, 2.45) is 0 Å². The van der Waals surface area contributed by atoms with Crippen LogP contribution in [-0.2, 0) is 0 Å². The summed E-state index contributed by atoms with van der Waals surface area (Å²) in [6, 6.07) is 39.5. The summed E-state index contributed by atoms with van der Waals surface area (Å²) >= 11 is 0. The van der Waals surface area contributed by atoms with E-state index in [9.17, 15) is 0 Å². The van der Waals surface area contributed by atoms with Crippen LogP contribution in [0.25, 0.3) is 22.3 Å². The third-order valence-corrected chi connectivity index (χ3v) is 5.38. The van der Waals surface area contributed by atoms with Crippen molar-refractivity contribution in [1.29, 1.82) is 0 Å². The molecule has 0 fully saturated rings. The zero-order valence-corrected chi connectivity index (χ0v) is 17.6. The zero-order valence-electron chi connectivity index (χ0n) is 17.6. The average molecular weight is 402 g/mol. The van der Waals surface area contributed by atoms with Crippen LogP contribution in [-0.4, -0.2) is 0 Å². The number of nitrogens with two attached hydrogens (primary N) is 1. The summed E-state index contributed by atoms with van der Waals surface area (Å²) in [6.45, 7) is 0. The van der Waals surface area contributed by atoms with Gasteiger partial charge in [0.15, 0.2) is 0 Å². The maximum Gasteiger partial charge on any atom is 0.0314 e. The Hall–Kier alpha value is -3.84. The molecule has 4 aromatic carbocycles. The number of allylic oxidation sites excluding steroid dienone is 4. The van der Waals surface area contributed by atoms with Crippen molar-refractivity contribution in [2.75, 3.05) is 5.73 Å². The molecule has 1 aliphatic carbocycles. The summed E-state index contributed by atoms with van der Waals surface area (Å²) < 4.78 is 0. The maximum atomic E-state index is 5.60. The largest absolute Gasteiger partial charge is 0.399 e. The average Bonchev–Trinajstić information content (AvgIpc) is 2.87. The van der Waals surface area contributed by atoms with Crippen molar-refractivity contribution < 1.29 is 0 Å². The van der Waals surface area contributed by atoms with Crippen molar-refractivity contribution in [2.45, 2.75) is 12.8 Å². The molecule has 31 heavy (non-hydrogen) atoms. The Labute approximate surface area is 185 Å². The molecule has 4 aromatic rings. The van der Waals surface area contributed by atoms with E-state index in [1.54, 1.807) is 0 Å². The molecule has 1 nitrogen and oxygen atoms in total. The lowest BCUT2D eigenvalue weighted by molar-refractivity contribution is 1.06. The Bertz CT molecular complexity index is 1140. The van der Waals surface area contributed by atoms with Crippen molar-refractivity contribution in [1.82, 2.24) is 0 Å². The highest BCUT2D eigenvalue weighted by Gasteiger charge is 2.08. The Morgan fingerprint density at radius 2 is 0.968 bits per heavy atom. The van der Waals surface area contributed by atoms with Gasteiger partial charge in [-0.25, -0.2) is 0 Å². The minimum atomic E-state index is 0.805. The normalized spacial score (nSPS) is 12.8. The second kappa shape index (κ2) is 10.3. The Balaban J connectivity index is 0.000000158. The highest BCUT2D eigenvalue weighted by molar-refractivity contribution is 5.85. The highest BCUT2D eigenvalue weighted by Crippen LogP contribution is 2.30. The van der Waals surface area contributed by atoms with E-state index in [-0.39, 0.29) is 0 Å². The minimum absolute atomic E-state index is 0.805. The lowest BCUT2D eigenvalue weighted by Gasteiger charge is -2.14. The SMILES string of the molecule is C1=C(c2ccccc2)C=C(c2ccccc2)CC1.Nc1ccc(-c2ccccc2)cc1. The first-order chi connectivity index (χ1) is 15.3. The zero-order chi connectivity index (χ0) is 21.3. The Morgan fingerprint density at radius 1 is 0.484 bits per heavy atom. The van der Waals surface area contributed by atoms with E-state index in [0.717, 1.165) is 18.5 Å². The van der Waals surface area contributed by atoms with Crippen LogP contribution in [0, 0.1) is 0 Å². The van der Waals surface area contributed by atoms with Gasteiger partial charge in [0.2, 0.25) is 0 Å². The number of rotatable bonds is 3. The van der Waals surface area contributed by atoms with Crippen LogP contribution in [0.4, 0.5) is 5.69 Å². The van der Waals surface area contributed by atoms with Crippen LogP contribution < -0.4 is 5.73 Å². The molecule has 0 aromatic heterocycles. The molecule has 0 radical (unpaired) electrons. The lowest BCUT2D eigenvalue weighted by atomic mass is 9.91. The van der Waals surface area contributed by atoms with E-state index in [1.807, 2.05) is 42.5 Å². The van der Waals surface area contributed by atoms with Crippen LogP contribution in [0.1, 0.15) is 24.0 Å². The summed E-state index contributed by atoms with van der Waals surface area (Å²) in [6.07, 6.45) is 6.93. The second-order valence-corrected chi connectivity index (χ2v) is 7.59. The standard InChI is InChI=1S/C18H16.C12H11N/c1-3-8-15(9-4-1)17-12-7-13-18(14-17)16-10-5-2-6-11-16;13-12-8-6-11(7-9-12)10-4-2-1-3-5-10/h1-6,8-12,14H,7,13H2;1-9H,13H2. The van der Waals surface area contributed by atoms with Gasteiger partial charge in [-0.05, 0) is 58.4 Å². The number of hydrogen-bond donors (Lipinski definition) is 1. The molecule has 2 N–H and O–H groups in total. The van der Waals surface area contributed by atoms with E-state index < -0.39 is 0 Å².